The predicted molar refractivity (Wildman–Crippen MR) is 74.1 cm³/mol. The molecule has 0 heterocycles. The van der Waals surface area contributed by atoms with E-state index in [-0.39, 0.29) is 22.8 Å². The molecule has 0 saturated carbocycles. The maximum atomic E-state index is 13.8. The number of hydrogen-bond donors (Lipinski definition) is 1. The zero-order valence-corrected chi connectivity index (χ0v) is 12.0. The molecule has 1 rings (SSSR count). The van der Waals surface area contributed by atoms with Crippen molar-refractivity contribution in [2.24, 2.45) is 0 Å². The number of Topliss-reactive ketones (excluding diaryl/α,β-unsaturated/α-hetero) is 1. The van der Waals surface area contributed by atoms with Gasteiger partial charge in [-0.1, -0.05) is 19.9 Å². The minimum absolute atomic E-state index is 0.0914. The standard InChI is InChI=1S/C15H22FNO2/c1-5-19-14-7-6-12(8-13(14)16)15(3,4)10-17-9-11(2)18/h6-8,17H,5,9-10H2,1-4H3. The van der Waals surface area contributed by atoms with Crippen molar-refractivity contribution in [3.05, 3.63) is 29.6 Å². The van der Waals surface area contributed by atoms with Gasteiger partial charge < -0.3 is 10.1 Å². The van der Waals surface area contributed by atoms with Crippen LogP contribution in [-0.4, -0.2) is 25.5 Å². The summed E-state index contributed by atoms with van der Waals surface area (Å²) in [5, 5.41) is 3.08. The molecule has 0 bridgehead atoms. The third-order valence-corrected chi connectivity index (χ3v) is 2.95. The molecule has 1 aromatic carbocycles. The maximum absolute atomic E-state index is 13.8. The van der Waals surface area contributed by atoms with E-state index in [1.165, 1.54) is 13.0 Å². The van der Waals surface area contributed by atoms with Gasteiger partial charge in [-0.3, -0.25) is 4.79 Å². The second-order valence-corrected chi connectivity index (χ2v) is 5.27. The number of nitrogens with one attached hydrogen (secondary N) is 1. The summed E-state index contributed by atoms with van der Waals surface area (Å²) in [6, 6.07) is 5.02. The van der Waals surface area contributed by atoms with E-state index in [1.807, 2.05) is 26.8 Å². The van der Waals surface area contributed by atoms with Crippen molar-refractivity contribution < 1.29 is 13.9 Å². The number of rotatable bonds is 7. The Bertz CT molecular complexity index is 444. The summed E-state index contributed by atoms with van der Waals surface area (Å²) in [7, 11) is 0. The number of halogens is 1. The molecule has 0 fully saturated rings. The van der Waals surface area contributed by atoms with Crippen molar-refractivity contribution in [3.8, 4) is 5.75 Å². The molecule has 0 aliphatic carbocycles. The molecule has 1 aromatic rings. The molecule has 0 aliphatic heterocycles. The van der Waals surface area contributed by atoms with Gasteiger partial charge in [0, 0.05) is 12.0 Å². The summed E-state index contributed by atoms with van der Waals surface area (Å²) in [6.45, 7) is 8.77. The number of ether oxygens (including phenoxy) is 1. The van der Waals surface area contributed by atoms with Gasteiger partial charge in [0.05, 0.1) is 13.2 Å². The van der Waals surface area contributed by atoms with Crippen molar-refractivity contribution in [1.29, 1.82) is 0 Å². The monoisotopic (exact) mass is 267 g/mol. The fourth-order valence-electron chi connectivity index (χ4n) is 1.85. The fourth-order valence-corrected chi connectivity index (χ4v) is 1.85. The Labute approximate surface area is 114 Å². The lowest BCUT2D eigenvalue weighted by Crippen LogP contribution is -2.35. The minimum Gasteiger partial charge on any atom is -0.491 e. The molecule has 0 unspecified atom stereocenters. The normalized spacial score (nSPS) is 11.4. The molecule has 0 saturated heterocycles. The van der Waals surface area contributed by atoms with Crippen LogP contribution in [0.2, 0.25) is 0 Å². The highest BCUT2D eigenvalue weighted by Crippen LogP contribution is 2.27. The lowest BCUT2D eigenvalue weighted by Gasteiger charge is -2.26. The van der Waals surface area contributed by atoms with Crippen LogP contribution in [0.3, 0.4) is 0 Å². The molecule has 0 aromatic heterocycles. The summed E-state index contributed by atoms with van der Waals surface area (Å²) in [5.74, 6) is 0.0198. The third kappa shape index (κ3) is 4.63. The van der Waals surface area contributed by atoms with Crippen molar-refractivity contribution in [3.63, 3.8) is 0 Å². The first kappa shape index (κ1) is 15.6. The van der Waals surface area contributed by atoms with Gasteiger partial charge in [-0.05, 0) is 31.5 Å². The zero-order valence-electron chi connectivity index (χ0n) is 12.0. The average Bonchev–Trinajstić information content (AvgIpc) is 2.31. The van der Waals surface area contributed by atoms with Crippen LogP contribution in [-0.2, 0) is 10.2 Å². The smallest absolute Gasteiger partial charge is 0.165 e. The Morgan fingerprint density at radius 1 is 1.42 bits per heavy atom. The third-order valence-electron chi connectivity index (χ3n) is 2.95. The zero-order chi connectivity index (χ0) is 14.5. The van der Waals surface area contributed by atoms with E-state index in [4.69, 9.17) is 4.74 Å². The van der Waals surface area contributed by atoms with E-state index in [2.05, 4.69) is 5.32 Å². The van der Waals surface area contributed by atoms with Crippen molar-refractivity contribution in [2.45, 2.75) is 33.1 Å². The van der Waals surface area contributed by atoms with Crippen molar-refractivity contribution in [1.82, 2.24) is 5.32 Å². The lowest BCUT2D eigenvalue weighted by atomic mass is 9.84. The van der Waals surface area contributed by atoms with E-state index in [0.29, 0.717) is 19.7 Å². The Morgan fingerprint density at radius 2 is 2.11 bits per heavy atom. The average molecular weight is 267 g/mol. The highest BCUT2D eigenvalue weighted by Gasteiger charge is 2.21. The number of carbonyl (C=O) groups is 1. The Kier molecular flexibility index (Phi) is 5.48. The van der Waals surface area contributed by atoms with Crippen molar-refractivity contribution >= 4 is 5.78 Å². The molecular formula is C15H22FNO2. The molecule has 0 amide bonds. The van der Waals surface area contributed by atoms with E-state index in [9.17, 15) is 9.18 Å². The molecule has 0 spiro atoms. The summed E-state index contributed by atoms with van der Waals surface area (Å²) >= 11 is 0. The van der Waals surface area contributed by atoms with Crippen LogP contribution in [0.5, 0.6) is 5.75 Å². The first-order chi connectivity index (χ1) is 8.86. The van der Waals surface area contributed by atoms with Crippen LogP contribution >= 0.6 is 0 Å². The van der Waals surface area contributed by atoms with Gasteiger partial charge in [0.2, 0.25) is 0 Å². The van der Waals surface area contributed by atoms with Crippen LogP contribution < -0.4 is 10.1 Å². The highest BCUT2D eigenvalue weighted by atomic mass is 19.1. The Hall–Kier alpha value is -1.42. The summed E-state index contributed by atoms with van der Waals surface area (Å²) in [5.41, 5.74) is 0.630. The number of benzene rings is 1. The first-order valence-electron chi connectivity index (χ1n) is 6.50. The van der Waals surface area contributed by atoms with Gasteiger partial charge in [-0.15, -0.1) is 0 Å². The molecule has 3 nitrogen and oxygen atoms in total. The van der Waals surface area contributed by atoms with E-state index in [1.54, 1.807) is 6.07 Å². The largest absolute Gasteiger partial charge is 0.491 e. The number of hydrogen-bond acceptors (Lipinski definition) is 3. The number of carbonyl (C=O) groups excluding carboxylic acids is 1. The molecule has 19 heavy (non-hydrogen) atoms. The topological polar surface area (TPSA) is 38.3 Å². The second-order valence-electron chi connectivity index (χ2n) is 5.27. The quantitative estimate of drug-likeness (QED) is 0.825. The number of ketones is 1. The minimum atomic E-state index is -0.348. The van der Waals surface area contributed by atoms with Crippen molar-refractivity contribution in [2.75, 3.05) is 19.7 Å². The van der Waals surface area contributed by atoms with Gasteiger partial charge in [0.1, 0.15) is 5.78 Å². The fraction of sp³-hybridized carbons (Fsp3) is 0.533. The Balaban J connectivity index is 2.77. The first-order valence-corrected chi connectivity index (χ1v) is 6.50. The summed E-state index contributed by atoms with van der Waals surface area (Å²) in [6.07, 6.45) is 0. The van der Waals surface area contributed by atoms with Gasteiger partial charge in [0.25, 0.3) is 0 Å². The van der Waals surface area contributed by atoms with Gasteiger partial charge in [0.15, 0.2) is 11.6 Å². The van der Waals surface area contributed by atoms with Crippen LogP contribution in [0.25, 0.3) is 0 Å². The second kappa shape index (κ2) is 6.66. The van der Waals surface area contributed by atoms with Crippen LogP contribution in [0.1, 0.15) is 33.3 Å². The molecule has 0 radical (unpaired) electrons. The van der Waals surface area contributed by atoms with Crippen LogP contribution in [0.15, 0.2) is 18.2 Å². The van der Waals surface area contributed by atoms with Crippen LogP contribution in [0, 0.1) is 5.82 Å². The van der Waals surface area contributed by atoms with Crippen LogP contribution in [0.4, 0.5) is 4.39 Å². The van der Waals surface area contributed by atoms with Gasteiger partial charge in [-0.2, -0.15) is 0 Å². The highest BCUT2D eigenvalue weighted by molar-refractivity contribution is 5.77. The van der Waals surface area contributed by atoms with Gasteiger partial charge in [-0.25, -0.2) is 4.39 Å². The molecule has 0 aliphatic rings. The predicted octanol–water partition coefficient (Wildman–Crippen LogP) is 2.68. The molecule has 4 heteroatoms. The van der Waals surface area contributed by atoms with E-state index in [0.717, 1.165) is 5.56 Å². The molecular weight excluding hydrogens is 245 g/mol. The molecule has 106 valence electrons. The lowest BCUT2D eigenvalue weighted by molar-refractivity contribution is -0.116. The SMILES string of the molecule is CCOc1ccc(C(C)(C)CNCC(C)=O)cc1F. The van der Waals surface area contributed by atoms with E-state index < -0.39 is 0 Å². The van der Waals surface area contributed by atoms with E-state index >= 15 is 0 Å². The van der Waals surface area contributed by atoms with Gasteiger partial charge >= 0.3 is 0 Å². The molecule has 0 atom stereocenters. The maximum Gasteiger partial charge on any atom is 0.165 e. The Morgan fingerprint density at radius 3 is 2.63 bits per heavy atom. The summed E-state index contributed by atoms with van der Waals surface area (Å²) in [4.78, 5) is 10.9. The summed E-state index contributed by atoms with van der Waals surface area (Å²) < 4.78 is 19.0. The molecule has 1 N–H and O–H groups in total.